The highest BCUT2D eigenvalue weighted by Gasteiger charge is 2.13. The summed E-state index contributed by atoms with van der Waals surface area (Å²) in [5, 5.41) is 1.21. The number of para-hydroxylation sites is 1. The lowest BCUT2D eigenvalue weighted by atomic mass is 10.2. The summed E-state index contributed by atoms with van der Waals surface area (Å²) in [4.78, 5) is 9.43. The molecule has 0 bridgehead atoms. The van der Waals surface area contributed by atoms with Gasteiger partial charge in [0, 0.05) is 24.2 Å². The molecule has 2 aromatic heterocycles. The lowest BCUT2D eigenvalue weighted by Gasteiger charge is -2.10. The largest absolute Gasteiger partial charge is 0.327 e. The highest BCUT2D eigenvalue weighted by Crippen LogP contribution is 2.26. The standard InChI is InChI=1S/C19H24ClN3/c1-2-3-11-18-22-17-14-21-16-10-6-5-9-15(16)19(17)23(18)13-8-4-7-12-20/h5-6,9-10,14H,2-4,7-8,11-13H2,1H3. The summed E-state index contributed by atoms with van der Waals surface area (Å²) in [6.07, 6.45) is 8.72. The average molecular weight is 330 g/mol. The van der Waals surface area contributed by atoms with Crippen molar-refractivity contribution >= 4 is 33.5 Å². The molecule has 0 radical (unpaired) electrons. The zero-order valence-corrected chi connectivity index (χ0v) is 14.5. The normalized spacial score (nSPS) is 11.6. The molecule has 0 amide bonds. The van der Waals surface area contributed by atoms with Crippen LogP contribution >= 0.6 is 11.6 Å². The first-order chi connectivity index (χ1) is 11.3. The Morgan fingerprint density at radius 3 is 2.74 bits per heavy atom. The van der Waals surface area contributed by atoms with E-state index in [1.54, 1.807) is 0 Å². The summed E-state index contributed by atoms with van der Waals surface area (Å²) < 4.78 is 2.42. The number of hydrogen-bond donors (Lipinski definition) is 0. The number of unbranched alkanes of at least 4 members (excludes halogenated alkanes) is 3. The molecule has 4 heteroatoms. The Morgan fingerprint density at radius 1 is 1.04 bits per heavy atom. The first kappa shape index (κ1) is 16.3. The van der Waals surface area contributed by atoms with Crippen LogP contribution in [0.25, 0.3) is 21.9 Å². The number of nitrogens with zero attached hydrogens (tertiary/aromatic N) is 3. The van der Waals surface area contributed by atoms with E-state index < -0.39 is 0 Å². The van der Waals surface area contributed by atoms with Crippen molar-refractivity contribution in [3.05, 3.63) is 36.3 Å². The molecule has 0 aliphatic carbocycles. The molecule has 23 heavy (non-hydrogen) atoms. The van der Waals surface area contributed by atoms with Crippen molar-refractivity contribution in [2.45, 2.75) is 52.0 Å². The molecule has 122 valence electrons. The fourth-order valence-corrected chi connectivity index (χ4v) is 3.31. The van der Waals surface area contributed by atoms with Crippen molar-refractivity contribution in [2.75, 3.05) is 5.88 Å². The van der Waals surface area contributed by atoms with Gasteiger partial charge in [-0.05, 0) is 25.3 Å². The van der Waals surface area contributed by atoms with E-state index in [0.29, 0.717) is 0 Å². The highest BCUT2D eigenvalue weighted by molar-refractivity contribution is 6.17. The smallest absolute Gasteiger partial charge is 0.109 e. The number of imidazole rings is 1. The SMILES string of the molecule is CCCCc1nc2cnc3ccccc3c2n1CCCCCCl. The lowest BCUT2D eigenvalue weighted by Crippen LogP contribution is -2.05. The van der Waals surface area contributed by atoms with Gasteiger partial charge in [-0.1, -0.05) is 38.0 Å². The third-order valence-electron chi connectivity index (χ3n) is 4.33. The zero-order valence-electron chi connectivity index (χ0n) is 13.8. The van der Waals surface area contributed by atoms with E-state index in [1.807, 2.05) is 12.3 Å². The van der Waals surface area contributed by atoms with Gasteiger partial charge in [0.05, 0.1) is 17.2 Å². The van der Waals surface area contributed by atoms with Crippen LogP contribution in [0.5, 0.6) is 0 Å². The molecule has 2 heterocycles. The highest BCUT2D eigenvalue weighted by atomic mass is 35.5. The van der Waals surface area contributed by atoms with Gasteiger partial charge in [-0.2, -0.15) is 0 Å². The van der Waals surface area contributed by atoms with Gasteiger partial charge in [-0.25, -0.2) is 4.98 Å². The monoisotopic (exact) mass is 329 g/mol. The number of benzene rings is 1. The zero-order chi connectivity index (χ0) is 16.1. The Balaban J connectivity index is 2.04. The Hall–Kier alpha value is -1.61. The summed E-state index contributed by atoms with van der Waals surface area (Å²) in [5.41, 5.74) is 3.31. The number of pyridine rings is 1. The van der Waals surface area contributed by atoms with Crippen molar-refractivity contribution in [2.24, 2.45) is 0 Å². The van der Waals surface area contributed by atoms with Crippen LogP contribution in [0.2, 0.25) is 0 Å². The first-order valence-electron chi connectivity index (χ1n) is 8.64. The molecule has 0 saturated carbocycles. The van der Waals surface area contributed by atoms with E-state index in [4.69, 9.17) is 16.6 Å². The van der Waals surface area contributed by atoms with Crippen LogP contribution in [-0.2, 0) is 13.0 Å². The summed E-state index contributed by atoms with van der Waals surface area (Å²) in [6.45, 7) is 3.24. The molecule has 0 N–H and O–H groups in total. The fraction of sp³-hybridized carbons (Fsp3) is 0.474. The van der Waals surface area contributed by atoms with Crippen molar-refractivity contribution in [1.29, 1.82) is 0 Å². The first-order valence-corrected chi connectivity index (χ1v) is 9.17. The maximum atomic E-state index is 5.81. The number of aryl methyl sites for hydroxylation is 2. The molecule has 0 fully saturated rings. The van der Waals surface area contributed by atoms with Crippen molar-refractivity contribution in [3.63, 3.8) is 0 Å². The van der Waals surface area contributed by atoms with E-state index in [0.717, 1.165) is 42.7 Å². The number of fused-ring (bicyclic) bond motifs is 3. The van der Waals surface area contributed by atoms with Gasteiger partial charge in [0.15, 0.2) is 0 Å². The summed E-state index contributed by atoms with van der Waals surface area (Å²) in [7, 11) is 0. The van der Waals surface area contributed by atoms with Crippen LogP contribution < -0.4 is 0 Å². The number of alkyl halides is 1. The topological polar surface area (TPSA) is 30.7 Å². The lowest BCUT2D eigenvalue weighted by molar-refractivity contribution is 0.585. The summed E-state index contributed by atoms with van der Waals surface area (Å²) in [6, 6.07) is 8.36. The molecule has 0 aliphatic heterocycles. The molecule has 0 aliphatic rings. The number of aromatic nitrogens is 3. The van der Waals surface area contributed by atoms with Crippen LogP contribution in [0.1, 0.15) is 44.9 Å². The van der Waals surface area contributed by atoms with E-state index in [9.17, 15) is 0 Å². The molecule has 1 aromatic carbocycles. The molecule has 3 rings (SSSR count). The molecular weight excluding hydrogens is 306 g/mol. The van der Waals surface area contributed by atoms with Crippen LogP contribution in [0, 0.1) is 0 Å². The van der Waals surface area contributed by atoms with Gasteiger partial charge < -0.3 is 4.57 Å². The van der Waals surface area contributed by atoms with Crippen molar-refractivity contribution < 1.29 is 0 Å². The summed E-state index contributed by atoms with van der Waals surface area (Å²) in [5.74, 6) is 1.95. The molecule has 3 nitrogen and oxygen atoms in total. The second-order valence-electron chi connectivity index (χ2n) is 6.04. The van der Waals surface area contributed by atoms with Gasteiger partial charge in [0.1, 0.15) is 11.3 Å². The number of hydrogen-bond acceptors (Lipinski definition) is 2. The van der Waals surface area contributed by atoms with Crippen molar-refractivity contribution in [3.8, 4) is 0 Å². The number of halogens is 1. The van der Waals surface area contributed by atoms with Gasteiger partial charge in [-0.15, -0.1) is 11.6 Å². The van der Waals surface area contributed by atoms with Gasteiger partial charge in [-0.3, -0.25) is 4.98 Å². The molecular formula is C19H24ClN3. The second kappa shape index (κ2) is 7.78. The molecule has 0 spiro atoms. The molecule has 3 aromatic rings. The Labute approximate surface area is 142 Å². The van der Waals surface area contributed by atoms with E-state index in [-0.39, 0.29) is 0 Å². The van der Waals surface area contributed by atoms with E-state index in [1.165, 1.54) is 36.0 Å². The minimum absolute atomic E-state index is 0.750. The third-order valence-corrected chi connectivity index (χ3v) is 4.60. The van der Waals surface area contributed by atoms with Crippen LogP contribution in [0.15, 0.2) is 30.5 Å². The third kappa shape index (κ3) is 3.50. The predicted octanol–water partition coefficient (Wildman–Crippen LogP) is 5.34. The quantitative estimate of drug-likeness (QED) is 0.412. The second-order valence-corrected chi connectivity index (χ2v) is 6.42. The predicted molar refractivity (Wildman–Crippen MR) is 98.2 cm³/mol. The maximum absolute atomic E-state index is 5.81. The maximum Gasteiger partial charge on any atom is 0.109 e. The van der Waals surface area contributed by atoms with Crippen LogP contribution in [-0.4, -0.2) is 20.4 Å². The minimum Gasteiger partial charge on any atom is -0.327 e. The van der Waals surface area contributed by atoms with E-state index >= 15 is 0 Å². The van der Waals surface area contributed by atoms with Crippen LogP contribution in [0.4, 0.5) is 0 Å². The molecule has 0 atom stereocenters. The van der Waals surface area contributed by atoms with Crippen molar-refractivity contribution in [1.82, 2.24) is 14.5 Å². The average Bonchev–Trinajstić information content (AvgIpc) is 2.95. The Kier molecular flexibility index (Phi) is 5.50. The fourth-order valence-electron chi connectivity index (χ4n) is 3.12. The van der Waals surface area contributed by atoms with Gasteiger partial charge in [0.2, 0.25) is 0 Å². The molecule has 0 unspecified atom stereocenters. The van der Waals surface area contributed by atoms with Crippen LogP contribution in [0.3, 0.4) is 0 Å². The Bertz CT molecular complexity index is 779. The summed E-state index contributed by atoms with van der Waals surface area (Å²) >= 11 is 5.81. The Morgan fingerprint density at radius 2 is 1.91 bits per heavy atom. The number of rotatable bonds is 8. The minimum atomic E-state index is 0.750. The molecule has 0 saturated heterocycles. The van der Waals surface area contributed by atoms with Gasteiger partial charge in [0.25, 0.3) is 0 Å². The van der Waals surface area contributed by atoms with E-state index in [2.05, 4.69) is 34.7 Å². The van der Waals surface area contributed by atoms with Gasteiger partial charge >= 0.3 is 0 Å².